The molecule has 0 fully saturated rings. The Morgan fingerprint density at radius 2 is 1.56 bits per heavy atom. The van der Waals surface area contributed by atoms with Crippen LogP contribution in [0.1, 0.15) is 17.2 Å². The van der Waals surface area contributed by atoms with Crippen LogP contribution in [0.5, 0.6) is 0 Å². The molecule has 0 spiro atoms. The number of rotatable bonds is 3. The Bertz CT molecular complexity index is 565. The molecule has 2 N–H and O–H groups in total. The van der Waals surface area contributed by atoms with Crippen molar-refractivity contribution in [2.75, 3.05) is 0 Å². The minimum atomic E-state index is -0.341. The van der Waals surface area contributed by atoms with Gasteiger partial charge in [0, 0.05) is 5.56 Å². The van der Waals surface area contributed by atoms with Crippen molar-refractivity contribution in [3.05, 3.63) is 71.8 Å². The molecule has 2 aromatic rings. The van der Waals surface area contributed by atoms with Crippen LogP contribution in [0.2, 0.25) is 0 Å². The van der Waals surface area contributed by atoms with Gasteiger partial charge in [-0.25, -0.2) is 4.99 Å². The smallest absolute Gasteiger partial charge is 0.137 e. The van der Waals surface area contributed by atoms with Crippen LogP contribution < -0.4 is 5.73 Å². The Balaban J connectivity index is 2.29. The Morgan fingerprint density at radius 3 is 2.11 bits per heavy atom. The van der Waals surface area contributed by atoms with E-state index >= 15 is 0 Å². The lowest BCUT2D eigenvalue weighted by atomic mass is 10.1. The average molecular weight is 234 g/mol. The number of nitrogens with zero attached hydrogens (tertiary/aromatic N) is 1. The second-order valence-electron chi connectivity index (χ2n) is 3.86. The monoisotopic (exact) mass is 234 g/mol. The zero-order valence-corrected chi connectivity index (χ0v) is 9.95. The number of hydrogen-bond acceptors (Lipinski definition) is 1. The summed E-state index contributed by atoms with van der Waals surface area (Å²) in [4.78, 5) is 4.39. The predicted octanol–water partition coefficient (Wildman–Crippen LogP) is 2.77. The van der Waals surface area contributed by atoms with Crippen LogP contribution in [0.3, 0.4) is 0 Å². The summed E-state index contributed by atoms with van der Waals surface area (Å²) in [6.07, 6.45) is 5.52. The molecule has 0 bridgehead atoms. The standard InChI is InChI=1S/C16H14N2/c1-2-15(13-9-5-3-6-10-13)18-16(17)14-11-7-4-8-12-14/h1,3-12,15H,(H2,17,18). The molecule has 2 rings (SSSR count). The van der Waals surface area contributed by atoms with Crippen molar-refractivity contribution in [1.82, 2.24) is 0 Å². The zero-order chi connectivity index (χ0) is 12.8. The fourth-order valence-electron chi connectivity index (χ4n) is 1.67. The minimum Gasteiger partial charge on any atom is -0.383 e. The molecular formula is C16H14N2. The highest BCUT2D eigenvalue weighted by atomic mass is 14.9. The van der Waals surface area contributed by atoms with Gasteiger partial charge in [-0.2, -0.15) is 0 Å². The summed E-state index contributed by atoms with van der Waals surface area (Å²) in [6.45, 7) is 0. The Kier molecular flexibility index (Phi) is 3.78. The first-order chi connectivity index (χ1) is 8.81. The molecular weight excluding hydrogens is 220 g/mol. The van der Waals surface area contributed by atoms with Gasteiger partial charge in [-0.1, -0.05) is 66.6 Å². The SMILES string of the molecule is C#CC(/N=C(\N)c1ccccc1)c1ccccc1. The maximum Gasteiger partial charge on any atom is 0.137 e. The van der Waals surface area contributed by atoms with Crippen LogP contribution in [0, 0.1) is 12.3 Å². The van der Waals surface area contributed by atoms with Crippen LogP contribution in [0.25, 0.3) is 0 Å². The van der Waals surface area contributed by atoms with Gasteiger partial charge < -0.3 is 5.73 Å². The fraction of sp³-hybridized carbons (Fsp3) is 0.0625. The van der Waals surface area contributed by atoms with E-state index in [0.717, 1.165) is 11.1 Å². The normalized spacial score (nSPS) is 12.7. The van der Waals surface area contributed by atoms with Gasteiger partial charge in [0.15, 0.2) is 0 Å². The summed E-state index contributed by atoms with van der Waals surface area (Å²) in [5, 5.41) is 0. The first kappa shape index (κ1) is 11.9. The second-order valence-corrected chi connectivity index (χ2v) is 3.86. The highest BCUT2D eigenvalue weighted by Crippen LogP contribution is 2.16. The highest BCUT2D eigenvalue weighted by Gasteiger charge is 2.07. The molecule has 2 nitrogen and oxygen atoms in total. The molecule has 0 heterocycles. The molecule has 18 heavy (non-hydrogen) atoms. The van der Waals surface area contributed by atoms with E-state index in [2.05, 4.69) is 10.9 Å². The van der Waals surface area contributed by atoms with Crippen molar-refractivity contribution in [2.24, 2.45) is 10.7 Å². The quantitative estimate of drug-likeness (QED) is 0.495. The van der Waals surface area contributed by atoms with Gasteiger partial charge in [0.2, 0.25) is 0 Å². The highest BCUT2D eigenvalue weighted by molar-refractivity contribution is 5.97. The lowest BCUT2D eigenvalue weighted by Gasteiger charge is -2.08. The first-order valence-electron chi connectivity index (χ1n) is 5.71. The van der Waals surface area contributed by atoms with Crippen molar-refractivity contribution < 1.29 is 0 Å². The van der Waals surface area contributed by atoms with Crippen molar-refractivity contribution in [1.29, 1.82) is 0 Å². The lowest BCUT2D eigenvalue weighted by Crippen LogP contribution is -2.14. The van der Waals surface area contributed by atoms with Crippen LogP contribution in [0.4, 0.5) is 0 Å². The van der Waals surface area contributed by atoms with Gasteiger partial charge in [0.25, 0.3) is 0 Å². The topological polar surface area (TPSA) is 38.4 Å². The molecule has 0 aliphatic rings. The van der Waals surface area contributed by atoms with E-state index in [4.69, 9.17) is 12.2 Å². The summed E-state index contributed by atoms with van der Waals surface area (Å²) in [5.41, 5.74) is 7.82. The van der Waals surface area contributed by atoms with Crippen molar-refractivity contribution in [3.8, 4) is 12.3 Å². The van der Waals surface area contributed by atoms with Crippen molar-refractivity contribution in [3.63, 3.8) is 0 Å². The van der Waals surface area contributed by atoms with Gasteiger partial charge in [0.1, 0.15) is 11.9 Å². The molecule has 0 aromatic heterocycles. The van der Waals surface area contributed by atoms with E-state index in [1.54, 1.807) is 0 Å². The molecule has 1 atom stereocenters. The molecule has 88 valence electrons. The zero-order valence-electron chi connectivity index (χ0n) is 9.95. The first-order valence-corrected chi connectivity index (χ1v) is 5.71. The summed E-state index contributed by atoms with van der Waals surface area (Å²) >= 11 is 0. The third-order valence-electron chi connectivity index (χ3n) is 2.61. The lowest BCUT2D eigenvalue weighted by molar-refractivity contribution is 0.943. The number of benzene rings is 2. The molecule has 0 radical (unpaired) electrons. The van der Waals surface area contributed by atoms with Gasteiger partial charge in [-0.15, -0.1) is 6.42 Å². The minimum absolute atomic E-state index is 0.341. The van der Waals surface area contributed by atoms with E-state index in [9.17, 15) is 0 Å². The molecule has 1 unspecified atom stereocenters. The summed E-state index contributed by atoms with van der Waals surface area (Å²) in [6, 6.07) is 19.0. The summed E-state index contributed by atoms with van der Waals surface area (Å²) < 4.78 is 0. The van der Waals surface area contributed by atoms with Crippen LogP contribution in [0.15, 0.2) is 65.7 Å². The number of hydrogen-bond donors (Lipinski definition) is 1. The van der Waals surface area contributed by atoms with Gasteiger partial charge in [-0.05, 0) is 5.56 Å². The largest absolute Gasteiger partial charge is 0.383 e. The predicted molar refractivity (Wildman–Crippen MR) is 75.2 cm³/mol. The maximum absolute atomic E-state index is 5.96. The second kappa shape index (κ2) is 5.70. The molecule has 2 heteroatoms. The number of aliphatic imine (C=N–C) groups is 1. The molecule has 2 aromatic carbocycles. The van der Waals surface area contributed by atoms with Crippen molar-refractivity contribution in [2.45, 2.75) is 6.04 Å². The van der Waals surface area contributed by atoms with E-state index < -0.39 is 0 Å². The molecule has 0 aliphatic heterocycles. The molecule has 0 aliphatic carbocycles. The van der Waals surface area contributed by atoms with E-state index in [0.29, 0.717) is 5.84 Å². The fourth-order valence-corrected chi connectivity index (χ4v) is 1.67. The number of nitrogens with two attached hydrogens (primary N) is 1. The Hall–Kier alpha value is -2.53. The molecule has 0 saturated carbocycles. The number of terminal acetylenes is 1. The maximum atomic E-state index is 5.96. The van der Waals surface area contributed by atoms with E-state index in [1.165, 1.54) is 0 Å². The van der Waals surface area contributed by atoms with Crippen LogP contribution in [-0.2, 0) is 0 Å². The van der Waals surface area contributed by atoms with E-state index in [-0.39, 0.29) is 6.04 Å². The summed E-state index contributed by atoms with van der Waals surface area (Å²) in [7, 11) is 0. The van der Waals surface area contributed by atoms with Gasteiger partial charge >= 0.3 is 0 Å². The summed E-state index contributed by atoms with van der Waals surface area (Å²) in [5.74, 6) is 3.11. The van der Waals surface area contributed by atoms with Crippen LogP contribution >= 0.6 is 0 Å². The number of amidine groups is 1. The molecule has 0 amide bonds. The third kappa shape index (κ3) is 2.78. The Morgan fingerprint density at radius 1 is 1.00 bits per heavy atom. The Labute approximate surface area is 107 Å². The molecule has 0 saturated heterocycles. The third-order valence-corrected chi connectivity index (χ3v) is 2.61. The van der Waals surface area contributed by atoms with Crippen molar-refractivity contribution >= 4 is 5.84 Å². The van der Waals surface area contributed by atoms with Gasteiger partial charge in [-0.3, -0.25) is 0 Å². The van der Waals surface area contributed by atoms with Crippen LogP contribution in [-0.4, -0.2) is 5.84 Å². The average Bonchev–Trinajstić information content (AvgIpc) is 2.46. The van der Waals surface area contributed by atoms with E-state index in [1.807, 2.05) is 60.7 Å². The van der Waals surface area contributed by atoms with Gasteiger partial charge in [0.05, 0.1) is 0 Å².